The van der Waals surface area contributed by atoms with Crippen LogP contribution in [0.15, 0.2) is 18.2 Å². The second-order valence-corrected chi connectivity index (χ2v) is 5.30. The highest BCUT2D eigenvalue weighted by molar-refractivity contribution is 5.74. The number of urea groups is 1. The van der Waals surface area contributed by atoms with Crippen molar-refractivity contribution in [2.75, 3.05) is 39.3 Å². The number of benzene rings is 1. The predicted molar refractivity (Wildman–Crippen MR) is 78.4 cm³/mol. The number of amides is 2. The van der Waals surface area contributed by atoms with Gasteiger partial charge in [-0.25, -0.2) is 13.6 Å². The number of hydrogen-bond donors (Lipinski definition) is 2. The maximum absolute atomic E-state index is 13.6. The zero-order valence-electron chi connectivity index (χ0n) is 12.6. The SMILES string of the molecule is CCNC(=O)N1CCN(CC(O)c2cc(F)ccc2F)CC1. The Labute approximate surface area is 128 Å². The van der Waals surface area contributed by atoms with Crippen LogP contribution in [0.3, 0.4) is 0 Å². The molecule has 1 aliphatic rings. The van der Waals surface area contributed by atoms with Crippen LogP contribution in [0.1, 0.15) is 18.6 Å². The molecule has 0 aromatic heterocycles. The summed E-state index contributed by atoms with van der Waals surface area (Å²) in [6.07, 6.45) is -1.09. The van der Waals surface area contributed by atoms with Crippen molar-refractivity contribution < 1.29 is 18.7 Å². The summed E-state index contributed by atoms with van der Waals surface area (Å²) in [6, 6.07) is 2.96. The number of nitrogens with zero attached hydrogens (tertiary/aromatic N) is 2. The molecule has 2 N–H and O–H groups in total. The van der Waals surface area contributed by atoms with E-state index in [9.17, 15) is 18.7 Å². The molecule has 7 heteroatoms. The first-order chi connectivity index (χ1) is 10.5. The van der Waals surface area contributed by atoms with Gasteiger partial charge in [0.2, 0.25) is 0 Å². The van der Waals surface area contributed by atoms with Crippen LogP contribution in [-0.2, 0) is 0 Å². The van der Waals surface area contributed by atoms with E-state index >= 15 is 0 Å². The predicted octanol–water partition coefficient (Wildman–Crippen LogP) is 1.35. The number of aliphatic hydroxyl groups excluding tert-OH is 1. The van der Waals surface area contributed by atoms with Crippen LogP contribution in [0.4, 0.5) is 13.6 Å². The number of β-amino-alcohol motifs (C(OH)–C–C–N with tert-alkyl or cyclic N) is 1. The number of nitrogens with one attached hydrogen (secondary N) is 1. The molecular formula is C15H21F2N3O2. The van der Waals surface area contributed by atoms with Gasteiger partial charge in [-0.05, 0) is 25.1 Å². The second kappa shape index (κ2) is 7.51. The van der Waals surface area contributed by atoms with Gasteiger partial charge in [0.05, 0.1) is 6.10 Å². The number of halogens is 2. The lowest BCUT2D eigenvalue weighted by Crippen LogP contribution is -2.52. The van der Waals surface area contributed by atoms with E-state index in [-0.39, 0.29) is 18.1 Å². The summed E-state index contributed by atoms with van der Waals surface area (Å²) in [6.45, 7) is 4.92. The minimum Gasteiger partial charge on any atom is -0.387 e. The van der Waals surface area contributed by atoms with Crippen molar-refractivity contribution in [1.29, 1.82) is 0 Å². The maximum atomic E-state index is 13.6. The first-order valence-electron chi connectivity index (χ1n) is 7.39. The lowest BCUT2D eigenvalue weighted by molar-refractivity contribution is 0.0791. The molecule has 0 bridgehead atoms. The van der Waals surface area contributed by atoms with Gasteiger partial charge < -0.3 is 15.3 Å². The number of piperazine rings is 1. The van der Waals surface area contributed by atoms with Crippen molar-refractivity contribution in [2.45, 2.75) is 13.0 Å². The van der Waals surface area contributed by atoms with Gasteiger partial charge in [0.1, 0.15) is 11.6 Å². The molecule has 1 aromatic rings. The van der Waals surface area contributed by atoms with E-state index in [0.717, 1.165) is 18.2 Å². The summed E-state index contributed by atoms with van der Waals surface area (Å²) in [5.41, 5.74) is -0.0360. The van der Waals surface area contributed by atoms with Gasteiger partial charge in [0.25, 0.3) is 0 Å². The quantitative estimate of drug-likeness (QED) is 0.882. The molecule has 1 heterocycles. The van der Waals surface area contributed by atoms with Crippen molar-refractivity contribution in [2.24, 2.45) is 0 Å². The highest BCUT2D eigenvalue weighted by Crippen LogP contribution is 2.20. The third-order valence-electron chi connectivity index (χ3n) is 3.74. The molecule has 2 rings (SSSR count). The molecule has 1 unspecified atom stereocenters. The third-order valence-corrected chi connectivity index (χ3v) is 3.74. The minimum absolute atomic E-state index is 0.0360. The number of hydrogen-bond acceptors (Lipinski definition) is 3. The molecule has 1 aromatic carbocycles. The number of aliphatic hydroxyl groups is 1. The van der Waals surface area contributed by atoms with E-state index in [0.29, 0.717) is 32.7 Å². The Balaban J connectivity index is 1.88. The van der Waals surface area contributed by atoms with Gasteiger partial charge in [-0.2, -0.15) is 0 Å². The van der Waals surface area contributed by atoms with Crippen LogP contribution in [-0.4, -0.2) is 60.2 Å². The fourth-order valence-electron chi connectivity index (χ4n) is 2.51. The van der Waals surface area contributed by atoms with Gasteiger partial charge >= 0.3 is 6.03 Å². The fraction of sp³-hybridized carbons (Fsp3) is 0.533. The van der Waals surface area contributed by atoms with Crippen LogP contribution < -0.4 is 5.32 Å². The van der Waals surface area contributed by atoms with E-state index in [1.54, 1.807) is 4.90 Å². The van der Waals surface area contributed by atoms with E-state index in [1.165, 1.54) is 0 Å². The molecule has 1 fully saturated rings. The van der Waals surface area contributed by atoms with Gasteiger partial charge in [-0.15, -0.1) is 0 Å². The molecule has 122 valence electrons. The Morgan fingerprint density at radius 2 is 2.00 bits per heavy atom. The monoisotopic (exact) mass is 313 g/mol. The van der Waals surface area contributed by atoms with E-state index in [4.69, 9.17) is 0 Å². The molecular weight excluding hydrogens is 292 g/mol. The molecule has 0 radical (unpaired) electrons. The van der Waals surface area contributed by atoms with E-state index < -0.39 is 17.7 Å². The maximum Gasteiger partial charge on any atom is 0.317 e. The summed E-state index contributed by atoms with van der Waals surface area (Å²) >= 11 is 0. The van der Waals surface area contributed by atoms with E-state index in [2.05, 4.69) is 5.32 Å². The Morgan fingerprint density at radius 1 is 1.32 bits per heavy atom. The summed E-state index contributed by atoms with van der Waals surface area (Å²) in [7, 11) is 0. The largest absolute Gasteiger partial charge is 0.387 e. The van der Waals surface area contributed by atoms with Crippen molar-refractivity contribution in [3.05, 3.63) is 35.4 Å². The van der Waals surface area contributed by atoms with Crippen LogP contribution in [0.2, 0.25) is 0 Å². The zero-order chi connectivity index (χ0) is 16.1. The average molecular weight is 313 g/mol. The van der Waals surface area contributed by atoms with E-state index in [1.807, 2.05) is 11.8 Å². The van der Waals surface area contributed by atoms with Crippen LogP contribution in [0.25, 0.3) is 0 Å². The Kier molecular flexibility index (Phi) is 5.68. The fourth-order valence-corrected chi connectivity index (χ4v) is 2.51. The van der Waals surface area contributed by atoms with Crippen molar-refractivity contribution in [3.63, 3.8) is 0 Å². The smallest absolute Gasteiger partial charge is 0.317 e. The molecule has 2 amide bonds. The molecule has 1 saturated heterocycles. The van der Waals surface area contributed by atoms with Crippen LogP contribution in [0, 0.1) is 11.6 Å². The number of carbonyl (C=O) groups is 1. The lowest BCUT2D eigenvalue weighted by atomic mass is 10.1. The number of rotatable bonds is 4. The first kappa shape index (κ1) is 16.6. The van der Waals surface area contributed by atoms with Crippen molar-refractivity contribution >= 4 is 6.03 Å². The van der Waals surface area contributed by atoms with Crippen molar-refractivity contribution in [3.8, 4) is 0 Å². The Bertz CT molecular complexity index is 520. The van der Waals surface area contributed by atoms with Gasteiger partial charge in [0.15, 0.2) is 0 Å². The summed E-state index contributed by atoms with van der Waals surface area (Å²) in [4.78, 5) is 15.3. The molecule has 0 aliphatic carbocycles. The average Bonchev–Trinajstić information content (AvgIpc) is 2.50. The topological polar surface area (TPSA) is 55.8 Å². The second-order valence-electron chi connectivity index (χ2n) is 5.30. The highest BCUT2D eigenvalue weighted by atomic mass is 19.1. The van der Waals surface area contributed by atoms with Gasteiger partial charge in [-0.1, -0.05) is 0 Å². The third kappa shape index (κ3) is 4.14. The van der Waals surface area contributed by atoms with Crippen molar-refractivity contribution in [1.82, 2.24) is 15.1 Å². The summed E-state index contributed by atoms with van der Waals surface area (Å²) in [5, 5.41) is 12.8. The van der Waals surface area contributed by atoms with Gasteiger partial charge in [0, 0.05) is 44.8 Å². The summed E-state index contributed by atoms with van der Waals surface area (Å²) in [5.74, 6) is -1.19. The molecule has 0 saturated carbocycles. The Morgan fingerprint density at radius 3 is 2.64 bits per heavy atom. The molecule has 22 heavy (non-hydrogen) atoms. The van der Waals surface area contributed by atoms with Crippen LogP contribution in [0.5, 0.6) is 0 Å². The zero-order valence-corrected chi connectivity index (χ0v) is 12.6. The van der Waals surface area contributed by atoms with Crippen LogP contribution >= 0.6 is 0 Å². The first-order valence-corrected chi connectivity index (χ1v) is 7.39. The standard InChI is InChI=1S/C15H21F2N3O2/c1-2-18-15(22)20-7-5-19(6-8-20)10-14(21)12-9-11(16)3-4-13(12)17/h3-4,9,14,21H,2,5-8,10H2,1H3,(H,18,22). The molecule has 1 aliphatic heterocycles. The highest BCUT2D eigenvalue weighted by Gasteiger charge is 2.23. The lowest BCUT2D eigenvalue weighted by Gasteiger charge is -2.35. The minimum atomic E-state index is -1.09. The van der Waals surface area contributed by atoms with Gasteiger partial charge in [-0.3, -0.25) is 4.90 Å². The molecule has 5 nitrogen and oxygen atoms in total. The molecule has 1 atom stereocenters. The normalized spacial score (nSPS) is 17.4. The number of carbonyl (C=O) groups excluding carboxylic acids is 1. The molecule has 0 spiro atoms. The Hall–Kier alpha value is -1.73. The summed E-state index contributed by atoms with van der Waals surface area (Å²) < 4.78 is 26.8.